The Bertz CT molecular complexity index is 449. The van der Waals surface area contributed by atoms with Gasteiger partial charge in [-0.05, 0) is 19.0 Å². The average Bonchev–Trinajstić information content (AvgIpc) is 2.42. The Morgan fingerprint density at radius 3 is 2.79 bits per heavy atom. The number of nitrogens with one attached hydrogen (secondary N) is 2. The van der Waals surface area contributed by atoms with Crippen molar-refractivity contribution in [1.82, 2.24) is 10.6 Å². The van der Waals surface area contributed by atoms with Crippen LogP contribution in [0, 0.1) is 10.1 Å². The maximum atomic E-state index is 11.9. The fraction of sp³-hybridized carbons (Fsp3) is 0.462. The van der Waals surface area contributed by atoms with Crippen molar-refractivity contribution in [1.29, 1.82) is 0 Å². The van der Waals surface area contributed by atoms with Crippen LogP contribution in [0.2, 0.25) is 0 Å². The molecule has 1 unspecified atom stereocenters. The molecule has 0 saturated heterocycles. The molecule has 1 aromatic carbocycles. The van der Waals surface area contributed by atoms with E-state index in [1.165, 1.54) is 12.1 Å². The molecule has 0 aromatic heterocycles. The summed E-state index contributed by atoms with van der Waals surface area (Å²) in [5.74, 6) is -0.528. The highest BCUT2D eigenvalue weighted by Crippen LogP contribution is 2.20. The van der Waals surface area contributed by atoms with E-state index >= 15 is 0 Å². The van der Waals surface area contributed by atoms with Gasteiger partial charge in [0.1, 0.15) is 0 Å². The Kier molecular flexibility index (Phi) is 5.95. The first-order valence-corrected chi connectivity index (χ1v) is 6.29. The molecule has 1 aromatic rings. The highest BCUT2D eigenvalue weighted by atomic mass is 16.6. The molecular weight excluding hydrogens is 246 g/mol. The molecule has 104 valence electrons. The van der Waals surface area contributed by atoms with Gasteiger partial charge in [-0.1, -0.05) is 19.1 Å². The molecule has 1 rings (SSSR count). The highest BCUT2D eigenvalue weighted by molar-refractivity contribution is 5.83. The number of nitro benzene ring substituents is 1. The fourth-order valence-corrected chi connectivity index (χ4v) is 1.66. The van der Waals surface area contributed by atoms with Crippen LogP contribution in [0.5, 0.6) is 0 Å². The number of likely N-dealkylation sites (N-methyl/N-ethyl adjacent to an activating group) is 1. The Balaban J connectivity index is 2.61. The molecule has 0 spiro atoms. The first-order valence-electron chi connectivity index (χ1n) is 6.29. The largest absolute Gasteiger partial charge is 0.354 e. The lowest BCUT2D eigenvalue weighted by Gasteiger charge is -2.12. The topological polar surface area (TPSA) is 84.3 Å². The molecule has 0 aliphatic rings. The second-order valence-corrected chi connectivity index (χ2v) is 4.22. The number of hydrogen-bond donors (Lipinski definition) is 2. The van der Waals surface area contributed by atoms with Gasteiger partial charge in [0.05, 0.1) is 10.8 Å². The molecule has 0 fully saturated rings. The lowest BCUT2D eigenvalue weighted by molar-refractivity contribution is -0.384. The lowest BCUT2D eigenvalue weighted by atomic mass is 10.00. The zero-order chi connectivity index (χ0) is 14.3. The van der Waals surface area contributed by atoms with Crippen molar-refractivity contribution in [3.05, 3.63) is 39.9 Å². The van der Waals surface area contributed by atoms with E-state index in [4.69, 9.17) is 0 Å². The summed E-state index contributed by atoms with van der Waals surface area (Å²) in [6, 6.07) is 6.17. The predicted molar refractivity (Wildman–Crippen MR) is 73.1 cm³/mol. The average molecular weight is 265 g/mol. The first-order chi connectivity index (χ1) is 9.06. The Morgan fingerprint density at radius 1 is 1.42 bits per heavy atom. The van der Waals surface area contributed by atoms with Crippen molar-refractivity contribution >= 4 is 11.6 Å². The monoisotopic (exact) mass is 265 g/mol. The number of hydrogen-bond acceptors (Lipinski definition) is 4. The highest BCUT2D eigenvalue weighted by Gasteiger charge is 2.17. The van der Waals surface area contributed by atoms with Crippen molar-refractivity contribution in [3.8, 4) is 0 Å². The smallest absolute Gasteiger partial charge is 0.269 e. The number of benzene rings is 1. The summed E-state index contributed by atoms with van der Waals surface area (Å²) < 4.78 is 0. The van der Waals surface area contributed by atoms with Crippen LogP contribution in [0.4, 0.5) is 5.69 Å². The molecule has 0 bridgehead atoms. The number of non-ortho nitro benzene ring substituents is 1. The molecule has 0 saturated carbocycles. The minimum absolute atomic E-state index is 0.00444. The first kappa shape index (κ1) is 15.1. The summed E-state index contributed by atoms with van der Waals surface area (Å²) in [5, 5.41) is 16.6. The summed E-state index contributed by atoms with van der Waals surface area (Å²) in [5.41, 5.74) is 0.653. The Morgan fingerprint density at radius 2 is 2.16 bits per heavy atom. The van der Waals surface area contributed by atoms with Gasteiger partial charge in [-0.2, -0.15) is 0 Å². The van der Waals surface area contributed by atoms with E-state index in [2.05, 4.69) is 10.6 Å². The van der Waals surface area contributed by atoms with Crippen LogP contribution in [0.1, 0.15) is 25.3 Å². The number of amides is 1. The number of carbonyl (C=O) groups is 1. The maximum absolute atomic E-state index is 11.9. The third-order valence-electron chi connectivity index (χ3n) is 2.83. The van der Waals surface area contributed by atoms with Crippen LogP contribution in [-0.2, 0) is 4.79 Å². The number of carbonyl (C=O) groups excluding carboxylic acids is 1. The normalized spacial score (nSPS) is 11.9. The molecule has 0 radical (unpaired) electrons. The van der Waals surface area contributed by atoms with Gasteiger partial charge < -0.3 is 10.6 Å². The summed E-state index contributed by atoms with van der Waals surface area (Å²) in [7, 11) is 0. The second-order valence-electron chi connectivity index (χ2n) is 4.22. The van der Waals surface area contributed by atoms with Gasteiger partial charge in [0.15, 0.2) is 0 Å². The van der Waals surface area contributed by atoms with Crippen LogP contribution in [0.3, 0.4) is 0 Å². The van der Waals surface area contributed by atoms with Gasteiger partial charge in [-0.3, -0.25) is 14.9 Å². The molecule has 6 heteroatoms. The van der Waals surface area contributed by atoms with E-state index in [-0.39, 0.29) is 11.6 Å². The quantitative estimate of drug-likeness (QED) is 0.443. The number of nitrogens with zero attached hydrogens (tertiary/aromatic N) is 1. The molecule has 6 nitrogen and oxygen atoms in total. The minimum Gasteiger partial charge on any atom is -0.354 e. The summed E-state index contributed by atoms with van der Waals surface area (Å²) in [4.78, 5) is 22.1. The molecule has 2 N–H and O–H groups in total. The van der Waals surface area contributed by atoms with E-state index in [1.54, 1.807) is 19.1 Å². The second kappa shape index (κ2) is 7.48. The van der Waals surface area contributed by atoms with Gasteiger partial charge in [0.25, 0.3) is 5.69 Å². The van der Waals surface area contributed by atoms with Gasteiger partial charge >= 0.3 is 0 Å². The Hall–Kier alpha value is -1.95. The number of rotatable bonds is 7. The standard InChI is InChI=1S/C13H19N3O3/c1-3-14-7-8-15-13(17)10(2)11-5-4-6-12(9-11)16(18)19/h4-6,9-10,14H,3,7-8H2,1-2H3,(H,15,17). The zero-order valence-electron chi connectivity index (χ0n) is 11.2. The molecule has 1 atom stereocenters. The SMILES string of the molecule is CCNCCNC(=O)C(C)c1cccc([N+](=O)[O-])c1. The summed E-state index contributed by atoms with van der Waals surface area (Å²) in [6.07, 6.45) is 0. The van der Waals surface area contributed by atoms with Gasteiger partial charge in [-0.15, -0.1) is 0 Å². The lowest BCUT2D eigenvalue weighted by Crippen LogP contribution is -2.34. The van der Waals surface area contributed by atoms with Crippen molar-refractivity contribution < 1.29 is 9.72 Å². The van der Waals surface area contributed by atoms with E-state index in [9.17, 15) is 14.9 Å². The summed E-state index contributed by atoms with van der Waals surface area (Å²) >= 11 is 0. The van der Waals surface area contributed by atoms with Crippen LogP contribution < -0.4 is 10.6 Å². The van der Waals surface area contributed by atoms with Crippen molar-refractivity contribution in [2.75, 3.05) is 19.6 Å². The van der Waals surface area contributed by atoms with E-state index in [0.29, 0.717) is 18.7 Å². The summed E-state index contributed by atoms with van der Waals surface area (Å²) in [6.45, 7) is 5.85. The predicted octanol–water partition coefficient (Wildman–Crippen LogP) is 1.42. The van der Waals surface area contributed by atoms with Crippen LogP contribution in [0.25, 0.3) is 0 Å². The molecule has 0 aliphatic carbocycles. The van der Waals surface area contributed by atoms with Crippen molar-refractivity contribution in [3.63, 3.8) is 0 Å². The van der Waals surface area contributed by atoms with E-state index in [0.717, 1.165) is 6.54 Å². The Labute approximate surface area is 112 Å². The van der Waals surface area contributed by atoms with Crippen molar-refractivity contribution in [2.45, 2.75) is 19.8 Å². The molecule has 1 amide bonds. The molecule has 0 aliphatic heterocycles. The molecule has 19 heavy (non-hydrogen) atoms. The fourth-order valence-electron chi connectivity index (χ4n) is 1.66. The van der Waals surface area contributed by atoms with Gasteiger partial charge in [0, 0.05) is 25.2 Å². The molecule has 0 heterocycles. The third kappa shape index (κ3) is 4.67. The van der Waals surface area contributed by atoms with Crippen LogP contribution in [-0.4, -0.2) is 30.5 Å². The van der Waals surface area contributed by atoms with Crippen LogP contribution in [0.15, 0.2) is 24.3 Å². The van der Waals surface area contributed by atoms with Crippen LogP contribution >= 0.6 is 0 Å². The third-order valence-corrected chi connectivity index (χ3v) is 2.83. The van der Waals surface area contributed by atoms with Gasteiger partial charge in [-0.25, -0.2) is 0 Å². The number of nitro groups is 1. The molecular formula is C13H19N3O3. The van der Waals surface area contributed by atoms with Crippen molar-refractivity contribution in [2.24, 2.45) is 0 Å². The minimum atomic E-state index is -0.459. The zero-order valence-corrected chi connectivity index (χ0v) is 11.2. The van der Waals surface area contributed by atoms with E-state index in [1.807, 2.05) is 6.92 Å². The maximum Gasteiger partial charge on any atom is 0.269 e. The van der Waals surface area contributed by atoms with E-state index < -0.39 is 10.8 Å². The van der Waals surface area contributed by atoms with Gasteiger partial charge in [0.2, 0.25) is 5.91 Å².